The van der Waals surface area contributed by atoms with E-state index >= 15 is 0 Å². The molecule has 0 unspecified atom stereocenters. The van der Waals surface area contributed by atoms with Crippen LogP contribution in [0.25, 0.3) is 6.08 Å². The Morgan fingerprint density at radius 3 is 2.40 bits per heavy atom. The first-order chi connectivity index (χ1) is 14.7. The quantitative estimate of drug-likeness (QED) is 0.362. The number of nitrogens with zero attached hydrogens (tertiary/aromatic N) is 2. The van der Waals surface area contributed by atoms with Crippen molar-refractivity contribution in [2.24, 2.45) is 5.10 Å². The highest BCUT2D eigenvalue weighted by Crippen LogP contribution is 2.14. The van der Waals surface area contributed by atoms with Crippen LogP contribution < -0.4 is 15.5 Å². The van der Waals surface area contributed by atoms with Crippen LogP contribution in [-0.2, 0) is 4.79 Å². The normalized spacial score (nSPS) is 11.2. The molecule has 3 rings (SSSR count). The Morgan fingerprint density at radius 1 is 0.967 bits per heavy atom. The molecule has 0 saturated carbocycles. The first kappa shape index (κ1) is 20.5. The summed E-state index contributed by atoms with van der Waals surface area (Å²) in [7, 11) is 1.57. The molecule has 1 heterocycles. The van der Waals surface area contributed by atoms with Gasteiger partial charge in [0, 0.05) is 23.5 Å². The van der Waals surface area contributed by atoms with Gasteiger partial charge in [0.25, 0.3) is 11.8 Å². The Bertz CT molecular complexity index is 1050. The summed E-state index contributed by atoms with van der Waals surface area (Å²) in [6.07, 6.45) is 6.29. The standard InChI is InChI=1S/C23H20N4O3/c1-30-20-11-9-17(10-12-20)14-21(26-22(28)19-7-3-2-4-8-19)23(29)27-25-16-18-6-5-13-24-15-18/h2-16H,1H3,(H,26,28)(H,27,29)/b21-14+,25-16-. The Balaban J connectivity index is 1.80. The van der Waals surface area contributed by atoms with Crippen LogP contribution in [0.2, 0.25) is 0 Å². The fourth-order valence-corrected chi connectivity index (χ4v) is 2.49. The molecule has 0 saturated heterocycles. The number of benzene rings is 2. The van der Waals surface area contributed by atoms with Gasteiger partial charge in [0.15, 0.2) is 0 Å². The zero-order chi connectivity index (χ0) is 21.2. The van der Waals surface area contributed by atoms with Crippen LogP contribution in [0.1, 0.15) is 21.5 Å². The summed E-state index contributed by atoms with van der Waals surface area (Å²) in [6, 6.07) is 19.3. The number of amides is 2. The average Bonchev–Trinajstić information content (AvgIpc) is 2.80. The van der Waals surface area contributed by atoms with Crippen LogP contribution in [0.15, 0.2) is 89.9 Å². The van der Waals surface area contributed by atoms with Crippen molar-refractivity contribution in [3.8, 4) is 5.75 Å². The molecule has 2 aromatic carbocycles. The maximum Gasteiger partial charge on any atom is 0.287 e. The highest BCUT2D eigenvalue weighted by Gasteiger charge is 2.14. The van der Waals surface area contributed by atoms with E-state index in [1.54, 1.807) is 86.2 Å². The van der Waals surface area contributed by atoms with Gasteiger partial charge in [-0.1, -0.05) is 36.4 Å². The Kier molecular flexibility index (Phi) is 7.05. The van der Waals surface area contributed by atoms with E-state index in [0.717, 1.165) is 5.56 Å². The van der Waals surface area contributed by atoms with Crippen molar-refractivity contribution in [3.05, 3.63) is 102 Å². The van der Waals surface area contributed by atoms with E-state index in [1.807, 2.05) is 6.07 Å². The molecule has 2 N–H and O–H groups in total. The van der Waals surface area contributed by atoms with Crippen molar-refractivity contribution in [1.82, 2.24) is 15.7 Å². The van der Waals surface area contributed by atoms with Crippen molar-refractivity contribution in [1.29, 1.82) is 0 Å². The number of methoxy groups -OCH3 is 1. The first-order valence-corrected chi connectivity index (χ1v) is 9.11. The Labute approximate surface area is 174 Å². The van der Waals surface area contributed by atoms with Crippen LogP contribution in [0.4, 0.5) is 0 Å². The van der Waals surface area contributed by atoms with Crippen molar-refractivity contribution < 1.29 is 14.3 Å². The van der Waals surface area contributed by atoms with Crippen molar-refractivity contribution in [3.63, 3.8) is 0 Å². The van der Waals surface area contributed by atoms with Gasteiger partial charge in [-0.05, 0) is 42.0 Å². The first-order valence-electron chi connectivity index (χ1n) is 9.11. The number of pyridine rings is 1. The molecule has 7 heteroatoms. The maximum atomic E-state index is 12.7. The molecule has 0 aliphatic carbocycles. The minimum absolute atomic E-state index is 0.0531. The summed E-state index contributed by atoms with van der Waals surface area (Å²) in [5, 5.41) is 6.59. The fraction of sp³-hybridized carbons (Fsp3) is 0.0435. The molecule has 1 aromatic heterocycles. The van der Waals surface area contributed by atoms with Crippen LogP contribution >= 0.6 is 0 Å². The largest absolute Gasteiger partial charge is 0.497 e. The molecule has 0 radical (unpaired) electrons. The van der Waals surface area contributed by atoms with Gasteiger partial charge in [0.05, 0.1) is 13.3 Å². The third-order valence-corrected chi connectivity index (χ3v) is 4.02. The number of hydrazone groups is 1. The van der Waals surface area contributed by atoms with Crippen molar-refractivity contribution in [2.75, 3.05) is 7.11 Å². The number of carbonyl (C=O) groups is 2. The van der Waals surface area contributed by atoms with Gasteiger partial charge in [-0.25, -0.2) is 5.43 Å². The van der Waals surface area contributed by atoms with Crippen LogP contribution in [0.3, 0.4) is 0 Å². The molecular formula is C23H20N4O3. The molecule has 0 fully saturated rings. The minimum atomic E-state index is -0.560. The molecule has 0 atom stereocenters. The molecule has 3 aromatic rings. The molecule has 30 heavy (non-hydrogen) atoms. The van der Waals surface area contributed by atoms with Gasteiger partial charge >= 0.3 is 0 Å². The number of rotatable bonds is 7. The molecule has 7 nitrogen and oxygen atoms in total. The third kappa shape index (κ3) is 5.87. The molecule has 0 aliphatic heterocycles. The number of ether oxygens (including phenoxy) is 1. The smallest absolute Gasteiger partial charge is 0.287 e. The summed E-state index contributed by atoms with van der Waals surface area (Å²) in [5.41, 5.74) is 4.36. The fourth-order valence-electron chi connectivity index (χ4n) is 2.49. The molecule has 0 bridgehead atoms. The monoisotopic (exact) mass is 400 g/mol. The lowest BCUT2D eigenvalue weighted by Crippen LogP contribution is -2.32. The second-order valence-corrected chi connectivity index (χ2v) is 6.14. The maximum absolute atomic E-state index is 12.7. The van der Waals surface area contributed by atoms with E-state index in [9.17, 15) is 9.59 Å². The molecule has 0 spiro atoms. The lowest BCUT2D eigenvalue weighted by Gasteiger charge is -2.09. The third-order valence-electron chi connectivity index (χ3n) is 4.02. The number of aromatic nitrogens is 1. The van der Waals surface area contributed by atoms with Crippen LogP contribution in [-0.4, -0.2) is 30.1 Å². The Morgan fingerprint density at radius 2 is 1.73 bits per heavy atom. The highest BCUT2D eigenvalue weighted by atomic mass is 16.5. The topological polar surface area (TPSA) is 92.7 Å². The van der Waals surface area contributed by atoms with E-state index in [4.69, 9.17) is 4.74 Å². The summed E-state index contributed by atoms with van der Waals surface area (Å²) < 4.78 is 5.15. The Hall–Kier alpha value is -4.26. The molecular weight excluding hydrogens is 380 g/mol. The second-order valence-electron chi connectivity index (χ2n) is 6.14. The van der Waals surface area contributed by atoms with E-state index < -0.39 is 11.8 Å². The number of hydrogen-bond acceptors (Lipinski definition) is 5. The number of hydrogen-bond donors (Lipinski definition) is 2. The molecule has 2 amide bonds. The van der Waals surface area contributed by atoms with Gasteiger partial charge in [-0.15, -0.1) is 0 Å². The zero-order valence-electron chi connectivity index (χ0n) is 16.3. The van der Waals surface area contributed by atoms with Gasteiger partial charge in [0.1, 0.15) is 11.4 Å². The highest BCUT2D eigenvalue weighted by molar-refractivity contribution is 6.05. The van der Waals surface area contributed by atoms with Gasteiger partial charge in [0.2, 0.25) is 0 Å². The molecule has 0 aliphatic rings. The summed E-state index contributed by atoms with van der Waals surface area (Å²) in [5.74, 6) is -0.274. The van der Waals surface area contributed by atoms with Crippen LogP contribution in [0.5, 0.6) is 5.75 Å². The van der Waals surface area contributed by atoms with Crippen LogP contribution in [0, 0.1) is 0 Å². The zero-order valence-corrected chi connectivity index (χ0v) is 16.3. The SMILES string of the molecule is COc1ccc(/C=C(/NC(=O)c2ccccc2)C(=O)N/N=C\c2cccnc2)cc1. The van der Waals surface area contributed by atoms with E-state index in [2.05, 4.69) is 20.8 Å². The van der Waals surface area contributed by atoms with Gasteiger partial charge < -0.3 is 10.1 Å². The lowest BCUT2D eigenvalue weighted by atomic mass is 10.1. The minimum Gasteiger partial charge on any atom is -0.497 e. The predicted octanol–water partition coefficient (Wildman–Crippen LogP) is 3.01. The summed E-state index contributed by atoms with van der Waals surface area (Å²) >= 11 is 0. The van der Waals surface area contributed by atoms with Crippen molar-refractivity contribution in [2.45, 2.75) is 0 Å². The lowest BCUT2D eigenvalue weighted by molar-refractivity contribution is -0.117. The predicted molar refractivity (Wildman–Crippen MR) is 115 cm³/mol. The number of nitrogens with one attached hydrogen (secondary N) is 2. The average molecular weight is 400 g/mol. The van der Waals surface area contributed by atoms with E-state index in [0.29, 0.717) is 16.9 Å². The van der Waals surface area contributed by atoms with E-state index in [-0.39, 0.29) is 5.70 Å². The number of carbonyl (C=O) groups excluding carboxylic acids is 2. The molecule has 150 valence electrons. The van der Waals surface area contributed by atoms with Crippen molar-refractivity contribution >= 4 is 24.1 Å². The van der Waals surface area contributed by atoms with E-state index in [1.165, 1.54) is 6.21 Å². The second kappa shape index (κ2) is 10.3. The summed E-state index contributed by atoms with van der Waals surface area (Å²) in [6.45, 7) is 0. The summed E-state index contributed by atoms with van der Waals surface area (Å²) in [4.78, 5) is 29.2. The van der Waals surface area contributed by atoms with Gasteiger partial charge in [-0.2, -0.15) is 5.10 Å². The van der Waals surface area contributed by atoms with Gasteiger partial charge in [-0.3, -0.25) is 14.6 Å².